The van der Waals surface area contributed by atoms with Crippen LogP contribution in [0.1, 0.15) is 24.1 Å². The molecule has 15 heavy (non-hydrogen) atoms. The van der Waals surface area contributed by atoms with Gasteiger partial charge in [-0.3, -0.25) is 0 Å². The average molecular weight is 208 g/mol. The SMILES string of the molecule is COCc1nc(N)nc2c1CCCCN2. The number of fused-ring (bicyclic) bond motifs is 1. The minimum Gasteiger partial charge on any atom is -0.378 e. The summed E-state index contributed by atoms with van der Waals surface area (Å²) in [5.41, 5.74) is 7.71. The third-order valence-electron chi connectivity index (χ3n) is 2.54. The van der Waals surface area contributed by atoms with Gasteiger partial charge >= 0.3 is 0 Å². The number of ether oxygens (including phenoxy) is 1. The van der Waals surface area contributed by atoms with Gasteiger partial charge in [0.25, 0.3) is 0 Å². The fourth-order valence-electron chi connectivity index (χ4n) is 1.85. The molecule has 2 rings (SSSR count). The number of anilines is 2. The van der Waals surface area contributed by atoms with E-state index in [1.165, 1.54) is 0 Å². The van der Waals surface area contributed by atoms with E-state index in [1.807, 2.05) is 0 Å². The van der Waals surface area contributed by atoms with Crippen LogP contribution in [0.3, 0.4) is 0 Å². The number of nitrogen functional groups attached to an aromatic ring is 1. The largest absolute Gasteiger partial charge is 0.378 e. The maximum atomic E-state index is 5.65. The second-order valence-electron chi connectivity index (χ2n) is 3.67. The molecule has 1 aromatic rings. The van der Waals surface area contributed by atoms with Crippen molar-refractivity contribution in [3.8, 4) is 0 Å². The summed E-state index contributed by atoms with van der Waals surface area (Å²) in [6, 6.07) is 0. The number of hydrogen-bond donors (Lipinski definition) is 2. The van der Waals surface area contributed by atoms with Crippen molar-refractivity contribution >= 4 is 11.8 Å². The first-order chi connectivity index (χ1) is 7.31. The predicted octanol–water partition coefficient (Wildman–Crippen LogP) is 0.953. The quantitative estimate of drug-likeness (QED) is 0.757. The zero-order chi connectivity index (χ0) is 10.7. The van der Waals surface area contributed by atoms with Gasteiger partial charge in [-0.25, -0.2) is 4.98 Å². The second kappa shape index (κ2) is 4.44. The summed E-state index contributed by atoms with van der Waals surface area (Å²) in [4.78, 5) is 8.44. The summed E-state index contributed by atoms with van der Waals surface area (Å²) in [5.74, 6) is 1.20. The number of nitrogens with two attached hydrogens (primary N) is 1. The highest BCUT2D eigenvalue weighted by Crippen LogP contribution is 2.23. The van der Waals surface area contributed by atoms with E-state index in [2.05, 4.69) is 15.3 Å². The molecule has 0 unspecified atom stereocenters. The van der Waals surface area contributed by atoms with Crippen LogP contribution in [0.5, 0.6) is 0 Å². The maximum Gasteiger partial charge on any atom is 0.222 e. The molecule has 1 aliphatic rings. The summed E-state index contributed by atoms with van der Waals surface area (Å²) >= 11 is 0. The molecule has 2 heterocycles. The van der Waals surface area contributed by atoms with Crippen molar-refractivity contribution < 1.29 is 4.74 Å². The Bertz CT molecular complexity index is 354. The lowest BCUT2D eigenvalue weighted by atomic mass is 10.1. The fourth-order valence-corrected chi connectivity index (χ4v) is 1.85. The van der Waals surface area contributed by atoms with Gasteiger partial charge in [0, 0.05) is 19.2 Å². The maximum absolute atomic E-state index is 5.65. The third kappa shape index (κ3) is 2.18. The van der Waals surface area contributed by atoms with Crippen LogP contribution in [-0.4, -0.2) is 23.6 Å². The fraction of sp³-hybridized carbons (Fsp3) is 0.600. The minimum atomic E-state index is 0.315. The van der Waals surface area contributed by atoms with E-state index in [4.69, 9.17) is 10.5 Å². The molecule has 0 saturated heterocycles. The van der Waals surface area contributed by atoms with Gasteiger partial charge in [-0.05, 0) is 19.3 Å². The molecule has 0 aliphatic carbocycles. The van der Waals surface area contributed by atoms with Crippen LogP contribution in [0.2, 0.25) is 0 Å². The molecule has 1 aromatic heterocycles. The molecule has 0 fully saturated rings. The van der Waals surface area contributed by atoms with Gasteiger partial charge in [-0.1, -0.05) is 0 Å². The third-order valence-corrected chi connectivity index (χ3v) is 2.54. The molecule has 0 amide bonds. The Hall–Kier alpha value is -1.36. The van der Waals surface area contributed by atoms with E-state index < -0.39 is 0 Å². The van der Waals surface area contributed by atoms with E-state index in [9.17, 15) is 0 Å². The first kappa shape index (κ1) is 10.2. The molecular weight excluding hydrogens is 192 g/mol. The molecule has 3 N–H and O–H groups in total. The number of hydrogen-bond acceptors (Lipinski definition) is 5. The van der Waals surface area contributed by atoms with Crippen molar-refractivity contribution in [1.29, 1.82) is 0 Å². The number of rotatable bonds is 2. The topological polar surface area (TPSA) is 73.1 Å². The normalized spacial score (nSPS) is 15.3. The van der Waals surface area contributed by atoms with Crippen molar-refractivity contribution in [2.45, 2.75) is 25.9 Å². The second-order valence-corrected chi connectivity index (χ2v) is 3.67. The summed E-state index contributed by atoms with van der Waals surface area (Å²) in [5, 5.41) is 3.28. The zero-order valence-electron chi connectivity index (χ0n) is 8.92. The van der Waals surface area contributed by atoms with Crippen LogP contribution in [0, 0.1) is 0 Å². The van der Waals surface area contributed by atoms with Gasteiger partial charge < -0.3 is 15.8 Å². The Balaban J connectivity index is 2.40. The van der Waals surface area contributed by atoms with Gasteiger partial charge in [0.2, 0.25) is 5.95 Å². The smallest absolute Gasteiger partial charge is 0.222 e. The predicted molar refractivity (Wildman–Crippen MR) is 58.6 cm³/mol. The molecule has 0 bridgehead atoms. The zero-order valence-corrected chi connectivity index (χ0v) is 8.92. The minimum absolute atomic E-state index is 0.315. The lowest BCUT2D eigenvalue weighted by molar-refractivity contribution is 0.180. The standard InChI is InChI=1S/C10H16N4O/c1-15-6-8-7-4-2-3-5-12-9(7)14-10(11)13-8/h2-6H2,1H3,(H3,11,12,13,14). The van der Waals surface area contributed by atoms with Crippen LogP contribution in [-0.2, 0) is 17.8 Å². The Morgan fingerprint density at radius 2 is 2.27 bits per heavy atom. The number of methoxy groups -OCH3 is 1. The molecule has 0 aromatic carbocycles. The van der Waals surface area contributed by atoms with Crippen LogP contribution in [0.4, 0.5) is 11.8 Å². The van der Waals surface area contributed by atoms with Gasteiger partial charge in [-0.15, -0.1) is 0 Å². The summed E-state index contributed by atoms with van der Waals surface area (Å²) in [7, 11) is 1.66. The highest BCUT2D eigenvalue weighted by molar-refractivity contribution is 5.50. The van der Waals surface area contributed by atoms with Crippen molar-refractivity contribution in [3.05, 3.63) is 11.3 Å². The van der Waals surface area contributed by atoms with E-state index in [0.29, 0.717) is 12.6 Å². The Morgan fingerprint density at radius 3 is 3.07 bits per heavy atom. The van der Waals surface area contributed by atoms with E-state index in [1.54, 1.807) is 7.11 Å². The molecule has 1 aliphatic heterocycles. The highest BCUT2D eigenvalue weighted by Gasteiger charge is 2.15. The molecule has 0 saturated carbocycles. The highest BCUT2D eigenvalue weighted by atomic mass is 16.5. The lowest BCUT2D eigenvalue weighted by Crippen LogP contribution is -2.10. The first-order valence-electron chi connectivity index (χ1n) is 5.19. The van der Waals surface area contributed by atoms with Gasteiger partial charge in [-0.2, -0.15) is 4.98 Å². The van der Waals surface area contributed by atoms with Crippen LogP contribution < -0.4 is 11.1 Å². The number of nitrogens with one attached hydrogen (secondary N) is 1. The summed E-state index contributed by atoms with van der Waals surface area (Å²) in [6.45, 7) is 1.45. The van der Waals surface area contributed by atoms with Crippen molar-refractivity contribution in [2.24, 2.45) is 0 Å². The van der Waals surface area contributed by atoms with Crippen molar-refractivity contribution in [2.75, 3.05) is 24.7 Å². The molecule has 0 spiro atoms. The monoisotopic (exact) mass is 208 g/mol. The average Bonchev–Trinajstić information content (AvgIpc) is 2.43. The van der Waals surface area contributed by atoms with Crippen LogP contribution >= 0.6 is 0 Å². The van der Waals surface area contributed by atoms with Gasteiger partial charge in [0.05, 0.1) is 12.3 Å². The van der Waals surface area contributed by atoms with Crippen LogP contribution in [0.25, 0.3) is 0 Å². The summed E-state index contributed by atoms with van der Waals surface area (Å²) in [6.07, 6.45) is 3.31. The van der Waals surface area contributed by atoms with Crippen molar-refractivity contribution in [3.63, 3.8) is 0 Å². The summed E-state index contributed by atoms with van der Waals surface area (Å²) < 4.78 is 5.12. The first-order valence-corrected chi connectivity index (χ1v) is 5.19. The van der Waals surface area contributed by atoms with Gasteiger partial charge in [0.15, 0.2) is 0 Å². The van der Waals surface area contributed by atoms with E-state index in [-0.39, 0.29) is 0 Å². The van der Waals surface area contributed by atoms with E-state index in [0.717, 1.165) is 42.9 Å². The Morgan fingerprint density at radius 1 is 1.40 bits per heavy atom. The lowest BCUT2D eigenvalue weighted by Gasteiger charge is -2.11. The molecular formula is C10H16N4O. The van der Waals surface area contributed by atoms with Crippen LogP contribution in [0.15, 0.2) is 0 Å². The van der Waals surface area contributed by atoms with E-state index >= 15 is 0 Å². The number of nitrogens with zero attached hydrogens (tertiary/aromatic N) is 2. The molecule has 0 atom stereocenters. The molecule has 5 nitrogen and oxygen atoms in total. The Kier molecular flexibility index (Phi) is 3.01. The van der Waals surface area contributed by atoms with Gasteiger partial charge in [0.1, 0.15) is 5.82 Å². The molecule has 5 heteroatoms. The molecule has 0 radical (unpaired) electrons. The Labute approximate surface area is 89.1 Å². The van der Waals surface area contributed by atoms with Crippen molar-refractivity contribution in [1.82, 2.24) is 9.97 Å². The number of aromatic nitrogens is 2. The molecule has 82 valence electrons.